The van der Waals surface area contributed by atoms with Crippen molar-refractivity contribution in [2.24, 2.45) is 0 Å². The second kappa shape index (κ2) is 22.1. The van der Waals surface area contributed by atoms with E-state index in [9.17, 15) is 22.0 Å². The minimum absolute atomic E-state index is 0.153. The van der Waals surface area contributed by atoms with E-state index in [0.717, 1.165) is 17.0 Å². The first-order valence-corrected chi connectivity index (χ1v) is 23.1. The van der Waals surface area contributed by atoms with Crippen LogP contribution in [-0.2, 0) is 27.1 Å². The normalized spacial score (nSPS) is 11.9. The van der Waals surface area contributed by atoms with Crippen molar-refractivity contribution in [3.8, 4) is 5.75 Å². The Balaban J connectivity index is 0.000000221. The van der Waals surface area contributed by atoms with Gasteiger partial charge in [-0.3, -0.25) is 4.98 Å². The van der Waals surface area contributed by atoms with Gasteiger partial charge in [0.2, 0.25) is 5.82 Å². The van der Waals surface area contributed by atoms with Gasteiger partial charge in [0.15, 0.2) is 23.3 Å². The smallest absolute Gasteiger partial charge is 0.200 e. The van der Waals surface area contributed by atoms with Crippen molar-refractivity contribution in [1.29, 1.82) is 0 Å². The highest BCUT2D eigenvalue weighted by Gasteiger charge is 2.32. The molecule has 0 saturated carbocycles. The van der Waals surface area contributed by atoms with Crippen LogP contribution in [0, 0.1) is 42.9 Å². The van der Waals surface area contributed by atoms with Gasteiger partial charge in [0.05, 0.1) is 17.6 Å². The molecule has 0 bridgehead atoms. The molecule has 66 heavy (non-hydrogen) atoms. The molecular formula is C57H71F5N2OS. The summed E-state index contributed by atoms with van der Waals surface area (Å²) >= 11 is 1.72. The van der Waals surface area contributed by atoms with Gasteiger partial charge in [0.1, 0.15) is 5.75 Å². The number of benzene rings is 5. The van der Waals surface area contributed by atoms with Crippen molar-refractivity contribution in [3.05, 3.63) is 170 Å². The lowest BCUT2D eigenvalue weighted by Gasteiger charge is -2.21. The Morgan fingerprint density at radius 2 is 1.02 bits per heavy atom. The average molecular weight is 927 g/mol. The predicted molar refractivity (Wildman–Crippen MR) is 270 cm³/mol. The molecule has 7 rings (SSSR count). The lowest BCUT2D eigenvalue weighted by molar-refractivity contribution is 0.353. The van der Waals surface area contributed by atoms with E-state index in [4.69, 9.17) is 4.74 Å². The highest BCUT2D eigenvalue weighted by Crippen LogP contribution is 2.33. The van der Waals surface area contributed by atoms with Crippen LogP contribution in [0.4, 0.5) is 22.0 Å². The SMILES string of the molecule is CC(C)(C)c1c(F)c(F)c(F)c(F)c1F.CC(C)(C)c1cccc2ccccc12.CC(C)(C)c1nccs1.COc1cc(C)cc(C(C)(C)C)c1.Cc1ccc2cccc(C(C)(C)C)c2n1. The number of aryl methyl sites for hydroxylation is 2. The fraction of sp³-hybridized carbons (Fsp3) is 0.404. The summed E-state index contributed by atoms with van der Waals surface area (Å²) in [6.07, 6.45) is 1.85. The maximum Gasteiger partial charge on any atom is 0.200 e. The molecule has 7 aromatic rings. The summed E-state index contributed by atoms with van der Waals surface area (Å²) in [4.78, 5) is 8.85. The van der Waals surface area contributed by atoms with E-state index in [1.807, 2.05) is 18.5 Å². The Labute approximate surface area is 395 Å². The molecule has 0 amide bonds. The number of para-hydroxylation sites is 1. The fourth-order valence-electron chi connectivity index (χ4n) is 6.89. The van der Waals surface area contributed by atoms with Crippen molar-refractivity contribution in [2.45, 2.75) is 145 Å². The Hall–Kier alpha value is -5.15. The van der Waals surface area contributed by atoms with Crippen LogP contribution in [0.25, 0.3) is 21.7 Å². The summed E-state index contributed by atoms with van der Waals surface area (Å²) in [5.41, 5.74) is 6.41. The van der Waals surface area contributed by atoms with E-state index >= 15 is 0 Å². The van der Waals surface area contributed by atoms with Gasteiger partial charge in [0.25, 0.3) is 0 Å². The number of thiazole rings is 1. The number of halogens is 5. The zero-order valence-electron chi connectivity index (χ0n) is 42.4. The number of hydrogen-bond acceptors (Lipinski definition) is 4. The van der Waals surface area contributed by atoms with Crippen LogP contribution in [0.15, 0.2) is 103 Å². The maximum atomic E-state index is 13.2. The molecule has 3 nitrogen and oxygen atoms in total. The number of ether oxygens (including phenoxy) is 1. The van der Waals surface area contributed by atoms with Crippen LogP contribution in [0.2, 0.25) is 0 Å². The van der Waals surface area contributed by atoms with E-state index in [-0.39, 0.29) is 21.7 Å². The van der Waals surface area contributed by atoms with Gasteiger partial charge in [-0.15, -0.1) is 11.3 Å². The van der Waals surface area contributed by atoms with Gasteiger partial charge in [0, 0.05) is 33.6 Å². The van der Waals surface area contributed by atoms with Crippen LogP contribution in [-0.4, -0.2) is 17.1 Å². The van der Waals surface area contributed by atoms with Crippen molar-refractivity contribution in [3.63, 3.8) is 0 Å². The van der Waals surface area contributed by atoms with Gasteiger partial charge < -0.3 is 4.74 Å². The van der Waals surface area contributed by atoms with Crippen LogP contribution in [0.3, 0.4) is 0 Å². The summed E-state index contributed by atoms with van der Waals surface area (Å²) in [6, 6.07) is 32.1. The zero-order valence-corrected chi connectivity index (χ0v) is 43.2. The number of hydrogen-bond donors (Lipinski definition) is 0. The number of methoxy groups -OCH3 is 1. The Kier molecular flexibility index (Phi) is 18.5. The van der Waals surface area contributed by atoms with Crippen LogP contribution >= 0.6 is 11.3 Å². The highest BCUT2D eigenvalue weighted by molar-refractivity contribution is 7.09. The summed E-state index contributed by atoms with van der Waals surface area (Å²) in [5, 5.41) is 7.17. The quantitative estimate of drug-likeness (QED) is 0.0935. The molecule has 0 radical (unpaired) electrons. The monoisotopic (exact) mass is 927 g/mol. The standard InChI is InChI=1S/C14H17N.C14H16.C12H18O.C10H9F5.C7H11NS/c1-10-8-9-11-6-5-7-12(13(11)15-10)14(2,3)4;1-14(2,3)13-10-6-8-11-7-4-5-9-12(11)13;1-9-6-10(12(2,3)4)8-11(7-9)13-5;1-10(2,3)4-5(11)7(13)9(15)8(14)6(4)12;1-7(2,3)6-8-4-5-9-6/h5-9H,1-4H3;4-10H,1-3H3;6-8H,1-5H3;1-3H3;4-5H,1-3H3. The second-order valence-corrected chi connectivity index (χ2v) is 22.5. The minimum Gasteiger partial charge on any atom is -0.497 e. The highest BCUT2D eigenvalue weighted by atomic mass is 32.1. The van der Waals surface area contributed by atoms with E-state index in [0.29, 0.717) is 0 Å². The Bertz CT molecular complexity index is 2640. The summed E-state index contributed by atoms with van der Waals surface area (Å²) < 4.78 is 69.8. The molecule has 356 valence electrons. The predicted octanol–water partition coefficient (Wildman–Crippen LogP) is 17.4. The molecule has 0 saturated heterocycles. The van der Waals surface area contributed by atoms with Crippen molar-refractivity contribution in [2.75, 3.05) is 7.11 Å². The molecule has 0 spiro atoms. The molecule has 0 aliphatic rings. The number of aromatic nitrogens is 2. The average Bonchev–Trinajstić information content (AvgIpc) is 3.78. The Morgan fingerprint density at radius 3 is 1.48 bits per heavy atom. The molecule has 0 unspecified atom stereocenters. The Morgan fingerprint density at radius 1 is 0.500 bits per heavy atom. The van der Waals surface area contributed by atoms with Gasteiger partial charge in [-0.1, -0.05) is 177 Å². The largest absolute Gasteiger partial charge is 0.497 e. The van der Waals surface area contributed by atoms with Gasteiger partial charge in [-0.05, 0) is 86.7 Å². The van der Waals surface area contributed by atoms with E-state index in [2.05, 4.69) is 191 Å². The number of pyridine rings is 1. The lowest BCUT2D eigenvalue weighted by atomic mass is 9.84. The molecule has 2 heterocycles. The van der Waals surface area contributed by atoms with Crippen molar-refractivity contribution < 1.29 is 26.7 Å². The molecule has 9 heteroatoms. The first-order valence-electron chi connectivity index (χ1n) is 22.2. The van der Waals surface area contributed by atoms with Crippen molar-refractivity contribution in [1.82, 2.24) is 9.97 Å². The van der Waals surface area contributed by atoms with E-state index in [1.165, 1.54) is 64.2 Å². The topological polar surface area (TPSA) is 35.0 Å². The minimum atomic E-state index is -2.13. The van der Waals surface area contributed by atoms with Crippen molar-refractivity contribution >= 4 is 33.0 Å². The third kappa shape index (κ3) is 15.2. The molecule has 0 atom stereocenters. The first kappa shape index (κ1) is 55.2. The zero-order chi connectivity index (χ0) is 50.2. The lowest BCUT2D eigenvalue weighted by Crippen LogP contribution is -2.20. The number of fused-ring (bicyclic) bond motifs is 2. The second-order valence-electron chi connectivity index (χ2n) is 21.6. The molecule has 0 fully saturated rings. The molecular weight excluding hydrogens is 856 g/mol. The summed E-state index contributed by atoms with van der Waals surface area (Å²) in [5.74, 6) is -8.52. The third-order valence-corrected chi connectivity index (χ3v) is 11.7. The van der Waals surface area contributed by atoms with Gasteiger partial charge in [-0.25, -0.2) is 26.9 Å². The maximum absolute atomic E-state index is 13.2. The van der Waals surface area contributed by atoms with Gasteiger partial charge >= 0.3 is 0 Å². The first-order chi connectivity index (χ1) is 30.3. The fourth-order valence-corrected chi connectivity index (χ4v) is 7.61. The third-order valence-electron chi connectivity index (χ3n) is 10.5. The molecule has 0 aliphatic carbocycles. The number of rotatable bonds is 1. The molecule has 5 aromatic carbocycles. The van der Waals surface area contributed by atoms with Crippen LogP contribution in [0.1, 0.15) is 142 Å². The summed E-state index contributed by atoms with van der Waals surface area (Å²) in [7, 11) is 1.71. The van der Waals surface area contributed by atoms with Crippen LogP contribution < -0.4 is 4.74 Å². The van der Waals surface area contributed by atoms with Gasteiger partial charge in [-0.2, -0.15) is 0 Å². The molecule has 0 aliphatic heterocycles. The van der Waals surface area contributed by atoms with E-state index in [1.54, 1.807) is 18.4 Å². The summed E-state index contributed by atoms with van der Waals surface area (Å²) in [6.45, 7) is 34.8. The number of nitrogens with zero attached hydrogens (tertiary/aromatic N) is 2. The molecule has 2 aromatic heterocycles. The van der Waals surface area contributed by atoms with Crippen LogP contribution in [0.5, 0.6) is 5.75 Å². The molecule has 0 N–H and O–H groups in total. The van der Waals surface area contributed by atoms with E-state index < -0.39 is 40.1 Å².